The van der Waals surface area contributed by atoms with Crippen LogP contribution in [0.4, 0.5) is 0 Å². The van der Waals surface area contributed by atoms with Crippen LogP contribution >= 0.6 is 0 Å². The number of methoxy groups -OCH3 is 1. The van der Waals surface area contributed by atoms with Gasteiger partial charge in [0.25, 0.3) is 0 Å². The van der Waals surface area contributed by atoms with Gasteiger partial charge in [0.05, 0.1) is 24.8 Å². The Bertz CT molecular complexity index is 741. The number of likely N-dealkylation sites (N-methyl/N-ethyl adjacent to an activating group) is 1. The van der Waals surface area contributed by atoms with Crippen LogP contribution in [-0.4, -0.2) is 57.0 Å². The summed E-state index contributed by atoms with van der Waals surface area (Å²) in [5.74, 6) is 1.48. The van der Waals surface area contributed by atoms with Gasteiger partial charge in [-0.15, -0.1) is 0 Å². The Balaban J connectivity index is 1.82. The molecule has 0 aromatic heterocycles. The summed E-state index contributed by atoms with van der Waals surface area (Å²) in [7, 11) is 5.70. The Morgan fingerprint density at radius 3 is 2.44 bits per heavy atom. The highest BCUT2D eigenvalue weighted by molar-refractivity contribution is 5.36. The van der Waals surface area contributed by atoms with Crippen LogP contribution in [0.15, 0.2) is 48.5 Å². The van der Waals surface area contributed by atoms with Gasteiger partial charge in [0.1, 0.15) is 24.2 Å². The van der Waals surface area contributed by atoms with Gasteiger partial charge in [-0.2, -0.15) is 5.26 Å². The third-order valence-corrected chi connectivity index (χ3v) is 4.26. The fourth-order valence-corrected chi connectivity index (χ4v) is 2.78. The lowest BCUT2D eigenvalue weighted by molar-refractivity contribution is 0.104. The van der Waals surface area contributed by atoms with E-state index in [1.807, 2.05) is 32.3 Å². The first kappa shape index (κ1) is 20.7. The second kappa shape index (κ2) is 10.5. The molecule has 6 nitrogen and oxygen atoms in total. The summed E-state index contributed by atoms with van der Waals surface area (Å²) in [4.78, 5) is 2.12. The lowest BCUT2D eigenvalue weighted by atomic mass is 10.0. The molecule has 0 spiro atoms. The molecule has 0 aliphatic rings. The number of benzene rings is 2. The number of ether oxygens (including phenoxy) is 2. The van der Waals surface area contributed by atoms with Crippen LogP contribution in [0.2, 0.25) is 0 Å². The predicted octanol–water partition coefficient (Wildman–Crippen LogP) is 2.20. The molecule has 2 aromatic carbocycles. The SMILES string of the molecule is COc1ccccc1C(CNCC(O)COc1ccc(C#N)cc1)N(C)C. The first-order valence-electron chi connectivity index (χ1n) is 8.86. The molecule has 0 saturated heterocycles. The van der Waals surface area contributed by atoms with Crippen molar-refractivity contribution in [1.29, 1.82) is 5.26 Å². The van der Waals surface area contributed by atoms with Crippen molar-refractivity contribution in [3.63, 3.8) is 0 Å². The molecule has 2 N–H and O–H groups in total. The summed E-state index contributed by atoms with van der Waals surface area (Å²) in [6, 6.07) is 17.0. The zero-order valence-electron chi connectivity index (χ0n) is 16.1. The van der Waals surface area contributed by atoms with E-state index in [-0.39, 0.29) is 12.6 Å². The average molecular weight is 369 g/mol. The number of aliphatic hydroxyl groups is 1. The lowest BCUT2D eigenvalue weighted by Crippen LogP contribution is -2.37. The van der Waals surface area contributed by atoms with E-state index in [2.05, 4.69) is 22.4 Å². The van der Waals surface area contributed by atoms with E-state index in [0.29, 0.717) is 24.4 Å². The molecule has 6 heteroatoms. The molecule has 0 bridgehead atoms. The minimum Gasteiger partial charge on any atom is -0.496 e. The monoisotopic (exact) mass is 369 g/mol. The molecular formula is C21H27N3O3. The molecule has 2 rings (SSSR count). The zero-order valence-corrected chi connectivity index (χ0v) is 16.1. The van der Waals surface area contributed by atoms with Gasteiger partial charge >= 0.3 is 0 Å². The number of nitriles is 1. The number of rotatable bonds is 10. The molecule has 2 unspecified atom stereocenters. The van der Waals surface area contributed by atoms with Crippen LogP contribution in [0.5, 0.6) is 11.5 Å². The maximum absolute atomic E-state index is 10.2. The minimum absolute atomic E-state index is 0.118. The maximum Gasteiger partial charge on any atom is 0.123 e. The molecule has 0 fully saturated rings. The van der Waals surface area contributed by atoms with Gasteiger partial charge in [-0.3, -0.25) is 0 Å². The van der Waals surface area contributed by atoms with Crippen molar-refractivity contribution < 1.29 is 14.6 Å². The van der Waals surface area contributed by atoms with Crippen LogP contribution in [0.3, 0.4) is 0 Å². The molecule has 27 heavy (non-hydrogen) atoms. The molecule has 0 radical (unpaired) electrons. The van der Waals surface area contributed by atoms with Crippen LogP contribution in [0, 0.1) is 11.3 Å². The number of nitrogens with zero attached hydrogens (tertiary/aromatic N) is 2. The molecule has 0 saturated carbocycles. The summed E-state index contributed by atoms with van der Waals surface area (Å²) in [6.07, 6.45) is -0.638. The third-order valence-electron chi connectivity index (χ3n) is 4.26. The van der Waals surface area contributed by atoms with Crippen molar-refractivity contribution in [2.24, 2.45) is 0 Å². The van der Waals surface area contributed by atoms with Crippen molar-refractivity contribution in [2.45, 2.75) is 12.1 Å². The average Bonchev–Trinajstić information content (AvgIpc) is 2.69. The highest BCUT2D eigenvalue weighted by Crippen LogP contribution is 2.27. The predicted molar refractivity (Wildman–Crippen MR) is 105 cm³/mol. The fraction of sp³-hybridized carbons (Fsp3) is 0.381. The van der Waals surface area contributed by atoms with E-state index in [1.165, 1.54) is 0 Å². The summed E-state index contributed by atoms with van der Waals surface area (Å²) in [6.45, 7) is 1.26. The van der Waals surface area contributed by atoms with Crippen LogP contribution in [0.25, 0.3) is 0 Å². The smallest absolute Gasteiger partial charge is 0.123 e. The van der Waals surface area contributed by atoms with E-state index >= 15 is 0 Å². The van der Waals surface area contributed by atoms with Gasteiger partial charge in [-0.1, -0.05) is 18.2 Å². The number of para-hydroxylation sites is 1. The van der Waals surface area contributed by atoms with E-state index < -0.39 is 6.10 Å². The number of aliphatic hydroxyl groups excluding tert-OH is 1. The minimum atomic E-state index is -0.638. The molecule has 2 atom stereocenters. The standard InChI is InChI=1S/C21H27N3O3/c1-24(2)20(19-6-4-5-7-21(19)26-3)14-23-13-17(25)15-27-18-10-8-16(12-22)9-11-18/h4-11,17,20,23,25H,13-15H2,1-3H3. The van der Waals surface area contributed by atoms with E-state index in [0.717, 1.165) is 11.3 Å². The number of hydrogen-bond donors (Lipinski definition) is 2. The highest BCUT2D eigenvalue weighted by atomic mass is 16.5. The van der Waals surface area contributed by atoms with Crippen molar-refractivity contribution in [3.05, 3.63) is 59.7 Å². The van der Waals surface area contributed by atoms with Crippen molar-refractivity contribution >= 4 is 0 Å². The van der Waals surface area contributed by atoms with Gasteiger partial charge in [-0.05, 0) is 44.4 Å². The van der Waals surface area contributed by atoms with E-state index in [1.54, 1.807) is 31.4 Å². The third kappa shape index (κ3) is 6.26. The van der Waals surface area contributed by atoms with Gasteiger partial charge in [0.15, 0.2) is 0 Å². The highest BCUT2D eigenvalue weighted by Gasteiger charge is 2.18. The summed E-state index contributed by atoms with van der Waals surface area (Å²) in [5.41, 5.74) is 1.68. The molecule has 0 aliphatic carbocycles. The largest absolute Gasteiger partial charge is 0.496 e. The number of hydrogen-bond acceptors (Lipinski definition) is 6. The van der Waals surface area contributed by atoms with Crippen LogP contribution in [-0.2, 0) is 0 Å². The molecule has 0 amide bonds. The Hall–Kier alpha value is -2.59. The van der Waals surface area contributed by atoms with Gasteiger partial charge in [0.2, 0.25) is 0 Å². The van der Waals surface area contributed by atoms with Crippen LogP contribution < -0.4 is 14.8 Å². The van der Waals surface area contributed by atoms with Crippen molar-refractivity contribution in [3.8, 4) is 17.6 Å². The summed E-state index contributed by atoms with van der Waals surface area (Å²) >= 11 is 0. The summed E-state index contributed by atoms with van der Waals surface area (Å²) < 4.78 is 11.0. The Labute approximate surface area is 160 Å². The zero-order chi connectivity index (χ0) is 19.6. The van der Waals surface area contributed by atoms with Gasteiger partial charge in [0, 0.05) is 18.7 Å². The molecule has 2 aromatic rings. The quantitative estimate of drug-likeness (QED) is 0.669. The second-order valence-electron chi connectivity index (χ2n) is 6.48. The van der Waals surface area contributed by atoms with Crippen molar-refractivity contribution in [1.82, 2.24) is 10.2 Å². The van der Waals surface area contributed by atoms with Crippen molar-refractivity contribution in [2.75, 3.05) is 40.9 Å². The molecule has 0 heterocycles. The topological polar surface area (TPSA) is 77.7 Å². The molecule has 0 aliphatic heterocycles. The first-order chi connectivity index (χ1) is 13.0. The lowest BCUT2D eigenvalue weighted by Gasteiger charge is -2.27. The Morgan fingerprint density at radius 1 is 1.11 bits per heavy atom. The maximum atomic E-state index is 10.2. The first-order valence-corrected chi connectivity index (χ1v) is 8.86. The molecular weight excluding hydrogens is 342 g/mol. The van der Waals surface area contributed by atoms with Gasteiger partial charge in [-0.25, -0.2) is 0 Å². The summed E-state index contributed by atoms with van der Waals surface area (Å²) in [5, 5.41) is 22.2. The normalized spacial score (nSPS) is 13.0. The van der Waals surface area contributed by atoms with Gasteiger partial charge < -0.3 is 24.8 Å². The molecule has 144 valence electrons. The fourth-order valence-electron chi connectivity index (χ4n) is 2.78. The van der Waals surface area contributed by atoms with E-state index in [9.17, 15) is 5.11 Å². The van der Waals surface area contributed by atoms with E-state index in [4.69, 9.17) is 14.7 Å². The number of nitrogens with one attached hydrogen (secondary N) is 1. The second-order valence-corrected chi connectivity index (χ2v) is 6.48. The Kier molecular flexibility index (Phi) is 8.08. The Morgan fingerprint density at radius 2 is 1.81 bits per heavy atom. The van der Waals surface area contributed by atoms with Crippen LogP contribution in [0.1, 0.15) is 17.2 Å².